The van der Waals surface area contributed by atoms with Crippen molar-refractivity contribution < 1.29 is 22.1 Å². The summed E-state index contributed by atoms with van der Waals surface area (Å²) < 4.78 is 37.0. The van der Waals surface area contributed by atoms with Gasteiger partial charge in [0.05, 0.1) is 17.8 Å². The van der Waals surface area contributed by atoms with Crippen LogP contribution in [-0.4, -0.2) is 27.6 Å². The van der Waals surface area contributed by atoms with Gasteiger partial charge in [-0.2, -0.15) is 13.5 Å². The lowest BCUT2D eigenvalue weighted by Gasteiger charge is -2.13. The molecule has 0 heterocycles. The molecule has 0 fully saturated rings. The summed E-state index contributed by atoms with van der Waals surface area (Å²) in [7, 11) is -2.67. The Morgan fingerprint density at radius 3 is 2.44 bits per heavy atom. The van der Waals surface area contributed by atoms with Gasteiger partial charge in [-0.05, 0) is 70.9 Å². The van der Waals surface area contributed by atoms with Crippen LogP contribution in [0, 0.1) is 6.92 Å². The van der Waals surface area contributed by atoms with Crippen molar-refractivity contribution in [2.24, 2.45) is 5.10 Å². The number of halogens is 2. The Balaban J connectivity index is 1.79. The summed E-state index contributed by atoms with van der Waals surface area (Å²) in [5.41, 5.74) is 4.36. The normalized spacial score (nSPS) is 11.4. The van der Waals surface area contributed by atoms with Crippen LogP contribution in [0.3, 0.4) is 0 Å². The van der Waals surface area contributed by atoms with Crippen molar-refractivity contribution in [3.05, 3.63) is 86.3 Å². The molecular weight excluding hydrogens is 564 g/mol. The number of hydrogen-bond donors (Lipinski definition) is 1. The first-order valence-electron chi connectivity index (χ1n) is 9.17. The molecule has 166 valence electrons. The number of benzene rings is 3. The maximum atomic E-state index is 12.6. The van der Waals surface area contributed by atoms with Gasteiger partial charge in [-0.3, -0.25) is 4.79 Å². The molecule has 10 heteroatoms. The summed E-state index contributed by atoms with van der Waals surface area (Å²) in [5.74, 6) is -0.198. The number of rotatable bonds is 7. The van der Waals surface area contributed by atoms with Crippen molar-refractivity contribution in [1.29, 1.82) is 0 Å². The minimum Gasteiger partial charge on any atom is -0.493 e. The molecule has 1 amide bonds. The molecule has 3 aromatic rings. The van der Waals surface area contributed by atoms with E-state index in [4.69, 9.17) is 8.92 Å². The number of ether oxygens (including phenoxy) is 1. The molecule has 0 aliphatic rings. The van der Waals surface area contributed by atoms with E-state index in [1.54, 1.807) is 42.5 Å². The fraction of sp³-hybridized carbons (Fsp3) is 0.0909. The van der Waals surface area contributed by atoms with Crippen LogP contribution in [0.25, 0.3) is 0 Å². The zero-order valence-corrected chi connectivity index (χ0v) is 21.0. The van der Waals surface area contributed by atoms with Crippen LogP contribution in [0.2, 0.25) is 0 Å². The number of hydrogen-bond acceptors (Lipinski definition) is 6. The third-order valence-corrected chi connectivity index (χ3v) is 6.54. The van der Waals surface area contributed by atoms with Crippen LogP contribution in [0.1, 0.15) is 21.5 Å². The van der Waals surface area contributed by atoms with E-state index in [-0.39, 0.29) is 22.3 Å². The number of nitrogens with zero attached hydrogens (tertiary/aromatic N) is 1. The number of carbonyl (C=O) groups is 1. The lowest BCUT2D eigenvalue weighted by atomic mass is 10.2. The van der Waals surface area contributed by atoms with Gasteiger partial charge < -0.3 is 8.92 Å². The number of aryl methyl sites for hydroxylation is 1. The van der Waals surface area contributed by atoms with Gasteiger partial charge in [0, 0.05) is 10.0 Å². The number of methoxy groups -OCH3 is 1. The maximum Gasteiger partial charge on any atom is 0.339 e. The molecule has 0 unspecified atom stereocenters. The Kier molecular flexibility index (Phi) is 7.70. The van der Waals surface area contributed by atoms with E-state index in [2.05, 4.69) is 42.4 Å². The van der Waals surface area contributed by atoms with Gasteiger partial charge in [0.2, 0.25) is 0 Å². The first kappa shape index (κ1) is 24.0. The van der Waals surface area contributed by atoms with Crippen LogP contribution in [0.5, 0.6) is 11.5 Å². The summed E-state index contributed by atoms with van der Waals surface area (Å²) in [6.45, 7) is 1.86. The molecule has 0 bridgehead atoms. The lowest BCUT2D eigenvalue weighted by molar-refractivity contribution is 0.0955. The molecule has 3 aromatic carbocycles. The number of hydrazone groups is 1. The average Bonchev–Trinajstić information content (AvgIpc) is 2.75. The Morgan fingerprint density at radius 2 is 1.78 bits per heavy atom. The number of carbonyl (C=O) groups excluding carboxylic acids is 1. The predicted molar refractivity (Wildman–Crippen MR) is 129 cm³/mol. The van der Waals surface area contributed by atoms with Crippen LogP contribution in [-0.2, 0) is 10.1 Å². The zero-order valence-electron chi connectivity index (χ0n) is 17.0. The van der Waals surface area contributed by atoms with E-state index in [0.717, 1.165) is 10.0 Å². The van der Waals surface area contributed by atoms with E-state index >= 15 is 0 Å². The van der Waals surface area contributed by atoms with Gasteiger partial charge in [0.15, 0.2) is 11.5 Å². The van der Waals surface area contributed by atoms with Crippen LogP contribution < -0.4 is 14.3 Å². The summed E-state index contributed by atoms with van der Waals surface area (Å²) in [4.78, 5) is 12.2. The zero-order chi connectivity index (χ0) is 23.3. The minimum atomic E-state index is -4.06. The molecular formula is C22H18Br2N2O5S. The number of nitrogens with one attached hydrogen (secondary N) is 1. The second-order valence-electron chi connectivity index (χ2n) is 6.59. The average molecular weight is 582 g/mol. The molecule has 0 atom stereocenters. The predicted octanol–water partition coefficient (Wildman–Crippen LogP) is 5.06. The summed E-state index contributed by atoms with van der Waals surface area (Å²) >= 11 is 6.63. The van der Waals surface area contributed by atoms with Gasteiger partial charge in [0.1, 0.15) is 4.90 Å². The molecule has 0 radical (unpaired) electrons. The highest BCUT2D eigenvalue weighted by Crippen LogP contribution is 2.38. The highest BCUT2D eigenvalue weighted by atomic mass is 79.9. The van der Waals surface area contributed by atoms with Crippen molar-refractivity contribution in [2.75, 3.05) is 7.11 Å². The van der Waals surface area contributed by atoms with E-state index in [1.165, 1.54) is 25.5 Å². The number of amides is 1. The summed E-state index contributed by atoms with van der Waals surface area (Å²) in [5, 5.41) is 3.95. The van der Waals surface area contributed by atoms with Gasteiger partial charge in [-0.1, -0.05) is 39.7 Å². The fourth-order valence-electron chi connectivity index (χ4n) is 2.62. The maximum absolute atomic E-state index is 12.6. The van der Waals surface area contributed by atoms with E-state index in [9.17, 15) is 13.2 Å². The smallest absolute Gasteiger partial charge is 0.339 e. The summed E-state index contributed by atoms with van der Waals surface area (Å²) in [6, 6.07) is 16.3. The van der Waals surface area contributed by atoms with Crippen LogP contribution in [0.15, 0.2) is 79.6 Å². The standard InChI is InChI=1S/C22H18Br2N2O5S/c1-14-6-8-18(9-7-14)32(28,29)31-21-19(24)10-15(11-20(21)30-2)13-25-26-22(27)16-4-3-5-17(23)12-16/h3-13H,1-2H3,(H,26,27)/b25-13-. The first-order valence-corrected chi connectivity index (χ1v) is 12.2. The first-order chi connectivity index (χ1) is 15.2. The molecule has 0 spiro atoms. The topological polar surface area (TPSA) is 94.1 Å². The second-order valence-corrected chi connectivity index (χ2v) is 9.91. The van der Waals surface area contributed by atoms with Crippen LogP contribution in [0.4, 0.5) is 0 Å². The Hall–Kier alpha value is -2.69. The van der Waals surface area contributed by atoms with Crippen molar-refractivity contribution in [3.63, 3.8) is 0 Å². The molecule has 0 aromatic heterocycles. The summed E-state index contributed by atoms with van der Waals surface area (Å²) in [6.07, 6.45) is 1.40. The van der Waals surface area contributed by atoms with Gasteiger partial charge in [-0.25, -0.2) is 5.43 Å². The fourth-order valence-corrected chi connectivity index (χ4v) is 4.62. The molecule has 32 heavy (non-hydrogen) atoms. The molecule has 3 rings (SSSR count). The minimum absolute atomic E-state index is 0.00314. The van der Waals surface area contributed by atoms with Crippen molar-refractivity contribution >= 4 is 54.1 Å². The molecule has 1 N–H and O–H groups in total. The van der Waals surface area contributed by atoms with Crippen molar-refractivity contribution in [3.8, 4) is 11.5 Å². The Labute approximate surface area is 202 Å². The van der Waals surface area contributed by atoms with Gasteiger partial charge >= 0.3 is 10.1 Å². The highest BCUT2D eigenvalue weighted by molar-refractivity contribution is 9.10. The van der Waals surface area contributed by atoms with Crippen molar-refractivity contribution in [1.82, 2.24) is 5.43 Å². The Morgan fingerprint density at radius 1 is 1.06 bits per heavy atom. The molecule has 0 aliphatic heterocycles. The molecule has 0 saturated heterocycles. The van der Waals surface area contributed by atoms with E-state index in [0.29, 0.717) is 15.6 Å². The Bertz CT molecular complexity index is 1280. The van der Waals surface area contributed by atoms with Crippen molar-refractivity contribution in [2.45, 2.75) is 11.8 Å². The monoisotopic (exact) mass is 580 g/mol. The van der Waals surface area contributed by atoms with E-state index < -0.39 is 10.1 Å². The van der Waals surface area contributed by atoms with Gasteiger partial charge in [0.25, 0.3) is 5.91 Å². The molecule has 0 aliphatic carbocycles. The molecule has 0 saturated carbocycles. The lowest BCUT2D eigenvalue weighted by Crippen LogP contribution is -2.17. The largest absolute Gasteiger partial charge is 0.493 e. The van der Waals surface area contributed by atoms with E-state index in [1.807, 2.05) is 13.0 Å². The van der Waals surface area contributed by atoms with Crippen LogP contribution >= 0.6 is 31.9 Å². The third-order valence-electron chi connectivity index (χ3n) is 4.22. The SMILES string of the molecule is COc1cc(/C=N\NC(=O)c2cccc(Br)c2)cc(Br)c1OS(=O)(=O)c1ccc(C)cc1. The molecule has 7 nitrogen and oxygen atoms in total. The van der Waals surface area contributed by atoms with Gasteiger partial charge in [-0.15, -0.1) is 0 Å². The quantitative estimate of drug-likeness (QED) is 0.239. The third kappa shape index (κ3) is 5.96. The highest BCUT2D eigenvalue weighted by Gasteiger charge is 2.22. The second kappa shape index (κ2) is 10.3.